The largest absolute Gasteiger partial charge is 0.497 e. The lowest BCUT2D eigenvalue weighted by atomic mass is 10.2. The fourth-order valence-electron chi connectivity index (χ4n) is 1.63. The molecular formula is C15H23N3O5. The summed E-state index contributed by atoms with van der Waals surface area (Å²) in [5.74, 6) is 1.24. The number of carbonyl (C=O) groups excluding carboxylic acids is 2. The molecule has 23 heavy (non-hydrogen) atoms. The molecule has 8 heteroatoms. The van der Waals surface area contributed by atoms with Crippen LogP contribution in [0.25, 0.3) is 0 Å². The van der Waals surface area contributed by atoms with E-state index in [-0.39, 0.29) is 6.54 Å². The van der Waals surface area contributed by atoms with Crippen molar-refractivity contribution in [3.05, 3.63) is 23.8 Å². The maximum Gasteiger partial charge on any atom is 0.426 e. The Kier molecular flexibility index (Phi) is 6.49. The highest BCUT2D eigenvalue weighted by Crippen LogP contribution is 2.24. The molecule has 0 aromatic heterocycles. The third-order valence-electron chi connectivity index (χ3n) is 2.61. The number of nitrogens with one attached hydrogen (secondary N) is 3. The lowest BCUT2D eigenvalue weighted by molar-refractivity contribution is 0.0504. The van der Waals surface area contributed by atoms with Crippen molar-refractivity contribution in [3.8, 4) is 11.5 Å². The monoisotopic (exact) mass is 325 g/mol. The average Bonchev–Trinajstić information content (AvgIpc) is 2.49. The van der Waals surface area contributed by atoms with Crippen molar-refractivity contribution in [3.63, 3.8) is 0 Å². The third-order valence-corrected chi connectivity index (χ3v) is 2.61. The number of amides is 3. The first-order valence-electron chi connectivity index (χ1n) is 6.99. The van der Waals surface area contributed by atoms with Gasteiger partial charge >= 0.3 is 12.1 Å². The second-order valence-corrected chi connectivity index (χ2v) is 5.61. The summed E-state index contributed by atoms with van der Waals surface area (Å²) < 4.78 is 15.3. The summed E-state index contributed by atoms with van der Waals surface area (Å²) in [4.78, 5) is 23.0. The van der Waals surface area contributed by atoms with E-state index in [1.165, 1.54) is 7.11 Å². The van der Waals surface area contributed by atoms with Crippen molar-refractivity contribution >= 4 is 12.1 Å². The number of benzene rings is 1. The minimum absolute atomic E-state index is 0.217. The van der Waals surface area contributed by atoms with Gasteiger partial charge in [0.15, 0.2) is 0 Å². The van der Waals surface area contributed by atoms with E-state index >= 15 is 0 Å². The van der Waals surface area contributed by atoms with Gasteiger partial charge in [0, 0.05) is 18.2 Å². The normalized spacial score (nSPS) is 10.5. The lowest BCUT2D eigenvalue weighted by Crippen LogP contribution is -2.48. The molecule has 0 bridgehead atoms. The van der Waals surface area contributed by atoms with Gasteiger partial charge in [0.2, 0.25) is 0 Å². The Morgan fingerprint density at radius 3 is 2.35 bits per heavy atom. The molecule has 0 aliphatic carbocycles. The summed E-state index contributed by atoms with van der Waals surface area (Å²) in [6.07, 6.45) is -0.741. The van der Waals surface area contributed by atoms with Crippen molar-refractivity contribution in [1.29, 1.82) is 0 Å². The van der Waals surface area contributed by atoms with Gasteiger partial charge in [-0.25, -0.2) is 20.4 Å². The number of methoxy groups -OCH3 is 2. The summed E-state index contributed by atoms with van der Waals surface area (Å²) >= 11 is 0. The van der Waals surface area contributed by atoms with Gasteiger partial charge in [-0.05, 0) is 32.9 Å². The van der Waals surface area contributed by atoms with Gasteiger partial charge in [0.05, 0.1) is 14.2 Å². The molecule has 0 aliphatic rings. The van der Waals surface area contributed by atoms with Crippen LogP contribution < -0.4 is 25.6 Å². The number of ether oxygens (including phenoxy) is 3. The second-order valence-electron chi connectivity index (χ2n) is 5.61. The van der Waals surface area contributed by atoms with Crippen molar-refractivity contribution in [2.45, 2.75) is 32.9 Å². The highest BCUT2D eigenvalue weighted by atomic mass is 16.6. The van der Waals surface area contributed by atoms with Crippen molar-refractivity contribution in [2.75, 3.05) is 14.2 Å². The molecule has 8 nitrogen and oxygen atoms in total. The van der Waals surface area contributed by atoms with Crippen LogP contribution in [0.4, 0.5) is 9.59 Å². The molecule has 1 aromatic rings. The molecule has 3 N–H and O–H groups in total. The van der Waals surface area contributed by atoms with E-state index in [4.69, 9.17) is 14.2 Å². The SMILES string of the molecule is COc1ccc(CNC(=O)NNC(=O)OC(C)(C)C)c(OC)c1. The summed E-state index contributed by atoms with van der Waals surface area (Å²) in [5, 5.41) is 2.59. The predicted molar refractivity (Wildman–Crippen MR) is 84.3 cm³/mol. The zero-order chi connectivity index (χ0) is 17.5. The molecule has 0 fully saturated rings. The Balaban J connectivity index is 2.46. The number of hydrazine groups is 1. The summed E-state index contributed by atoms with van der Waals surface area (Å²) in [5.41, 5.74) is 4.47. The topological polar surface area (TPSA) is 97.9 Å². The van der Waals surface area contributed by atoms with Gasteiger partial charge in [0.1, 0.15) is 17.1 Å². The molecule has 0 aliphatic heterocycles. The van der Waals surface area contributed by atoms with Crippen LogP contribution >= 0.6 is 0 Å². The Hall–Kier alpha value is -2.64. The zero-order valence-electron chi connectivity index (χ0n) is 14.0. The smallest absolute Gasteiger partial charge is 0.426 e. The maximum absolute atomic E-state index is 11.7. The van der Waals surface area contributed by atoms with Crippen LogP contribution in [0.2, 0.25) is 0 Å². The first-order chi connectivity index (χ1) is 10.7. The quantitative estimate of drug-likeness (QED) is 0.735. The number of hydrogen-bond acceptors (Lipinski definition) is 5. The van der Waals surface area contributed by atoms with E-state index in [0.717, 1.165) is 5.56 Å². The van der Waals surface area contributed by atoms with Gasteiger partial charge in [-0.15, -0.1) is 0 Å². The number of hydrogen-bond donors (Lipinski definition) is 3. The highest BCUT2D eigenvalue weighted by Gasteiger charge is 2.16. The molecule has 0 saturated heterocycles. The highest BCUT2D eigenvalue weighted by molar-refractivity contribution is 5.77. The zero-order valence-corrected chi connectivity index (χ0v) is 14.0. The molecular weight excluding hydrogens is 302 g/mol. The lowest BCUT2D eigenvalue weighted by Gasteiger charge is -2.19. The third kappa shape index (κ3) is 6.77. The first kappa shape index (κ1) is 18.4. The number of rotatable bonds is 4. The minimum atomic E-state index is -0.741. The van der Waals surface area contributed by atoms with Gasteiger partial charge in [0.25, 0.3) is 0 Å². The minimum Gasteiger partial charge on any atom is -0.497 e. The average molecular weight is 325 g/mol. The molecule has 0 heterocycles. The van der Waals surface area contributed by atoms with Gasteiger partial charge in [-0.1, -0.05) is 0 Å². The molecule has 0 radical (unpaired) electrons. The van der Waals surface area contributed by atoms with Crippen molar-refractivity contribution in [2.24, 2.45) is 0 Å². The predicted octanol–water partition coefficient (Wildman–Crippen LogP) is 1.94. The molecule has 128 valence electrons. The van der Waals surface area contributed by atoms with E-state index < -0.39 is 17.7 Å². The fourth-order valence-corrected chi connectivity index (χ4v) is 1.63. The number of carbonyl (C=O) groups is 2. The Bertz CT molecular complexity index is 555. The van der Waals surface area contributed by atoms with Crippen LogP contribution in [-0.4, -0.2) is 31.9 Å². The van der Waals surface area contributed by atoms with Crippen LogP contribution in [0.3, 0.4) is 0 Å². The summed E-state index contributed by atoms with van der Waals surface area (Å²) in [6.45, 7) is 5.39. The molecule has 0 atom stereocenters. The number of urea groups is 1. The van der Waals surface area contributed by atoms with E-state index in [1.807, 2.05) is 0 Å². The molecule has 0 saturated carbocycles. The summed E-state index contributed by atoms with van der Waals surface area (Å²) in [7, 11) is 3.09. The maximum atomic E-state index is 11.7. The van der Waals surface area contributed by atoms with Crippen molar-refractivity contribution in [1.82, 2.24) is 16.2 Å². The fraction of sp³-hybridized carbons (Fsp3) is 0.467. The van der Waals surface area contributed by atoms with E-state index in [1.54, 1.807) is 46.1 Å². The van der Waals surface area contributed by atoms with Crippen LogP contribution in [0.1, 0.15) is 26.3 Å². The molecule has 1 aromatic carbocycles. The van der Waals surface area contributed by atoms with Crippen LogP contribution in [0.15, 0.2) is 18.2 Å². The molecule has 0 unspecified atom stereocenters. The Labute approximate surface area is 135 Å². The summed E-state index contributed by atoms with van der Waals surface area (Å²) in [6, 6.07) is 4.68. The van der Waals surface area contributed by atoms with E-state index in [9.17, 15) is 9.59 Å². The molecule has 3 amide bonds. The van der Waals surface area contributed by atoms with Gasteiger partial charge in [-0.3, -0.25) is 0 Å². The van der Waals surface area contributed by atoms with E-state index in [0.29, 0.717) is 11.5 Å². The van der Waals surface area contributed by atoms with Crippen LogP contribution in [0, 0.1) is 0 Å². The van der Waals surface area contributed by atoms with E-state index in [2.05, 4.69) is 16.2 Å². The Morgan fingerprint density at radius 1 is 1.09 bits per heavy atom. The molecule has 0 spiro atoms. The first-order valence-corrected chi connectivity index (χ1v) is 6.99. The van der Waals surface area contributed by atoms with Gasteiger partial charge in [-0.2, -0.15) is 0 Å². The van der Waals surface area contributed by atoms with Crippen LogP contribution in [0.5, 0.6) is 11.5 Å². The second kappa shape index (κ2) is 8.11. The molecule has 1 rings (SSSR count). The van der Waals surface area contributed by atoms with Crippen molar-refractivity contribution < 1.29 is 23.8 Å². The van der Waals surface area contributed by atoms with Gasteiger partial charge < -0.3 is 19.5 Å². The standard InChI is InChI=1S/C15H23N3O5/c1-15(2,3)23-14(20)18-17-13(19)16-9-10-6-7-11(21-4)8-12(10)22-5/h6-8H,9H2,1-5H3,(H,18,20)(H2,16,17,19). The van der Waals surface area contributed by atoms with Crippen LogP contribution in [-0.2, 0) is 11.3 Å². The Morgan fingerprint density at radius 2 is 1.78 bits per heavy atom.